The van der Waals surface area contributed by atoms with E-state index in [2.05, 4.69) is 10.4 Å². The van der Waals surface area contributed by atoms with Crippen molar-refractivity contribution in [3.63, 3.8) is 0 Å². The van der Waals surface area contributed by atoms with Crippen LogP contribution in [0.25, 0.3) is 11.3 Å². The predicted octanol–water partition coefficient (Wildman–Crippen LogP) is 1.66. The zero-order chi connectivity index (χ0) is 17.0. The number of hydrogen-bond acceptors (Lipinski definition) is 4. The topological polar surface area (TPSA) is 85.4 Å². The van der Waals surface area contributed by atoms with Crippen LogP contribution in [0, 0.1) is 5.82 Å². The van der Waals surface area contributed by atoms with E-state index in [9.17, 15) is 9.18 Å². The maximum atomic E-state index is 14.1. The van der Waals surface area contributed by atoms with Gasteiger partial charge in [0.25, 0.3) is 0 Å². The second kappa shape index (κ2) is 7.10. The number of nitrogens with two attached hydrogens (primary N) is 1. The zero-order valence-corrected chi connectivity index (χ0v) is 13.3. The van der Waals surface area contributed by atoms with Crippen molar-refractivity contribution in [2.75, 3.05) is 32.6 Å². The summed E-state index contributed by atoms with van der Waals surface area (Å²) in [6.07, 6.45) is 1.13. The number of nitrogens with zero attached hydrogens (tertiary/aromatic N) is 3. The van der Waals surface area contributed by atoms with Gasteiger partial charge in [-0.15, -0.1) is 0 Å². The Morgan fingerprint density at radius 2 is 2.22 bits per heavy atom. The van der Waals surface area contributed by atoms with Gasteiger partial charge in [-0.25, -0.2) is 9.18 Å². The van der Waals surface area contributed by atoms with Gasteiger partial charge in [-0.2, -0.15) is 5.10 Å². The standard InChI is InChI=1S/C15H20FN5O2/c1-20(2)6-7-23-13-5-4-10(19-15(17)22)8-11(13)14-12(16)9-18-21(14)3/h4-5,8-9H,6-7H2,1-3H3,(H3,17,19,22). The number of aryl methyl sites for hydroxylation is 1. The third-order valence-corrected chi connectivity index (χ3v) is 3.19. The molecule has 0 saturated carbocycles. The van der Waals surface area contributed by atoms with Crippen LogP contribution in [-0.2, 0) is 7.05 Å². The van der Waals surface area contributed by atoms with Crippen LogP contribution in [0.4, 0.5) is 14.9 Å². The Labute approximate surface area is 133 Å². The average Bonchev–Trinajstić information content (AvgIpc) is 2.78. The van der Waals surface area contributed by atoms with Crippen LogP contribution in [-0.4, -0.2) is 48.0 Å². The monoisotopic (exact) mass is 321 g/mol. The summed E-state index contributed by atoms with van der Waals surface area (Å²) in [5, 5.41) is 6.37. The van der Waals surface area contributed by atoms with Crippen LogP contribution >= 0.6 is 0 Å². The smallest absolute Gasteiger partial charge is 0.316 e. The van der Waals surface area contributed by atoms with Crippen molar-refractivity contribution >= 4 is 11.7 Å². The van der Waals surface area contributed by atoms with Gasteiger partial charge in [0.1, 0.15) is 18.1 Å². The first-order valence-electron chi connectivity index (χ1n) is 7.04. The fourth-order valence-electron chi connectivity index (χ4n) is 2.11. The Morgan fingerprint density at radius 3 is 2.78 bits per heavy atom. The fraction of sp³-hybridized carbons (Fsp3) is 0.333. The number of likely N-dealkylation sites (N-methyl/N-ethyl adjacent to an activating group) is 1. The summed E-state index contributed by atoms with van der Waals surface area (Å²) in [5.41, 5.74) is 6.35. The first kappa shape index (κ1) is 16.8. The highest BCUT2D eigenvalue weighted by Crippen LogP contribution is 2.34. The molecule has 0 fully saturated rings. The summed E-state index contributed by atoms with van der Waals surface area (Å²) in [4.78, 5) is 13.0. The van der Waals surface area contributed by atoms with E-state index >= 15 is 0 Å². The Balaban J connectivity index is 2.39. The molecule has 0 bridgehead atoms. The third kappa shape index (κ3) is 4.19. The van der Waals surface area contributed by atoms with Gasteiger partial charge >= 0.3 is 6.03 Å². The lowest BCUT2D eigenvalue weighted by Crippen LogP contribution is -2.20. The predicted molar refractivity (Wildman–Crippen MR) is 85.9 cm³/mol. The molecule has 1 heterocycles. The van der Waals surface area contributed by atoms with Crippen LogP contribution in [0.15, 0.2) is 24.4 Å². The highest BCUT2D eigenvalue weighted by atomic mass is 19.1. The summed E-state index contributed by atoms with van der Waals surface area (Å²) >= 11 is 0. The van der Waals surface area contributed by atoms with E-state index in [-0.39, 0.29) is 5.69 Å². The van der Waals surface area contributed by atoms with Gasteiger partial charge < -0.3 is 20.7 Å². The molecule has 0 aliphatic heterocycles. The van der Waals surface area contributed by atoms with Crippen molar-refractivity contribution in [3.8, 4) is 17.0 Å². The number of carbonyl (C=O) groups is 1. The van der Waals surface area contributed by atoms with E-state index in [1.807, 2.05) is 19.0 Å². The summed E-state index contributed by atoms with van der Waals surface area (Å²) in [7, 11) is 5.51. The quantitative estimate of drug-likeness (QED) is 0.847. The molecule has 3 N–H and O–H groups in total. The second-order valence-corrected chi connectivity index (χ2v) is 5.32. The van der Waals surface area contributed by atoms with Gasteiger partial charge in [-0.05, 0) is 32.3 Å². The first-order chi connectivity index (χ1) is 10.9. The molecule has 8 heteroatoms. The number of urea groups is 1. The van der Waals surface area contributed by atoms with Crippen molar-refractivity contribution in [3.05, 3.63) is 30.2 Å². The van der Waals surface area contributed by atoms with Gasteiger partial charge in [0.15, 0.2) is 5.82 Å². The number of rotatable bonds is 6. The van der Waals surface area contributed by atoms with Crippen molar-refractivity contribution in [2.45, 2.75) is 0 Å². The number of carbonyl (C=O) groups excluding carboxylic acids is 1. The molecule has 7 nitrogen and oxygen atoms in total. The maximum absolute atomic E-state index is 14.1. The lowest BCUT2D eigenvalue weighted by atomic mass is 10.1. The summed E-state index contributed by atoms with van der Waals surface area (Å²) in [6, 6.07) is 4.23. The first-order valence-corrected chi connectivity index (χ1v) is 7.04. The Morgan fingerprint density at radius 1 is 1.48 bits per heavy atom. The molecule has 0 aliphatic carbocycles. The van der Waals surface area contributed by atoms with Gasteiger partial charge in [-0.3, -0.25) is 4.68 Å². The van der Waals surface area contributed by atoms with Gasteiger partial charge in [0.2, 0.25) is 0 Å². The van der Waals surface area contributed by atoms with E-state index in [0.717, 1.165) is 6.20 Å². The Bertz CT molecular complexity index is 680. The number of nitrogens with one attached hydrogen (secondary N) is 1. The highest BCUT2D eigenvalue weighted by Gasteiger charge is 2.17. The molecular formula is C15H20FN5O2. The molecule has 0 saturated heterocycles. The fourth-order valence-corrected chi connectivity index (χ4v) is 2.11. The number of ether oxygens (including phenoxy) is 1. The van der Waals surface area contributed by atoms with Gasteiger partial charge in [0.05, 0.1) is 6.20 Å². The number of aromatic nitrogens is 2. The molecule has 2 aromatic rings. The van der Waals surface area contributed by atoms with Crippen LogP contribution in [0.5, 0.6) is 5.75 Å². The molecular weight excluding hydrogens is 301 g/mol. The molecule has 2 rings (SSSR count). The number of amides is 2. The van der Waals surface area contributed by atoms with Crippen LogP contribution < -0.4 is 15.8 Å². The SMILES string of the molecule is CN(C)CCOc1ccc(NC(N)=O)cc1-c1c(F)cnn1C. The van der Waals surface area contributed by atoms with E-state index < -0.39 is 11.8 Å². The zero-order valence-electron chi connectivity index (χ0n) is 13.3. The molecule has 0 atom stereocenters. The number of halogens is 1. The average molecular weight is 321 g/mol. The molecule has 1 aromatic carbocycles. The largest absolute Gasteiger partial charge is 0.492 e. The maximum Gasteiger partial charge on any atom is 0.316 e. The van der Waals surface area contributed by atoms with Crippen LogP contribution in [0.2, 0.25) is 0 Å². The van der Waals surface area contributed by atoms with E-state index in [4.69, 9.17) is 10.5 Å². The summed E-state index contributed by atoms with van der Waals surface area (Å²) in [5.74, 6) is 0.0329. The van der Waals surface area contributed by atoms with Crippen molar-refractivity contribution in [1.82, 2.24) is 14.7 Å². The van der Waals surface area contributed by atoms with Crippen molar-refractivity contribution < 1.29 is 13.9 Å². The van der Waals surface area contributed by atoms with Crippen molar-refractivity contribution in [1.29, 1.82) is 0 Å². The van der Waals surface area contributed by atoms with Crippen LogP contribution in [0.3, 0.4) is 0 Å². The molecule has 0 aliphatic rings. The van der Waals surface area contributed by atoms with Crippen LogP contribution in [0.1, 0.15) is 0 Å². The number of benzene rings is 1. The minimum absolute atomic E-state index is 0.276. The molecule has 0 unspecified atom stereocenters. The number of anilines is 1. The number of hydrogen-bond donors (Lipinski definition) is 2. The second-order valence-electron chi connectivity index (χ2n) is 5.32. The molecule has 0 spiro atoms. The van der Waals surface area contributed by atoms with E-state index in [0.29, 0.717) is 30.2 Å². The highest BCUT2D eigenvalue weighted by molar-refractivity contribution is 5.89. The number of primary amides is 1. The Kier molecular flexibility index (Phi) is 5.17. The van der Waals surface area contributed by atoms with E-state index in [1.54, 1.807) is 25.2 Å². The summed E-state index contributed by atoms with van der Waals surface area (Å²) in [6.45, 7) is 1.16. The molecule has 124 valence electrons. The minimum atomic E-state index is -0.692. The minimum Gasteiger partial charge on any atom is -0.492 e. The molecule has 2 amide bonds. The van der Waals surface area contributed by atoms with Gasteiger partial charge in [0, 0.05) is 24.8 Å². The Hall–Kier alpha value is -2.61. The lowest BCUT2D eigenvalue weighted by molar-refractivity contribution is 0.259. The van der Waals surface area contributed by atoms with Gasteiger partial charge in [-0.1, -0.05) is 0 Å². The van der Waals surface area contributed by atoms with E-state index in [1.165, 1.54) is 4.68 Å². The molecule has 0 radical (unpaired) electrons. The summed E-state index contributed by atoms with van der Waals surface area (Å²) < 4.78 is 21.2. The normalized spacial score (nSPS) is 10.8. The molecule has 23 heavy (non-hydrogen) atoms. The van der Waals surface area contributed by atoms with Crippen molar-refractivity contribution in [2.24, 2.45) is 12.8 Å². The lowest BCUT2D eigenvalue weighted by Gasteiger charge is -2.15. The molecule has 1 aromatic heterocycles. The third-order valence-electron chi connectivity index (χ3n) is 3.19.